The van der Waals surface area contributed by atoms with E-state index in [1.807, 2.05) is 41.3 Å². The van der Waals surface area contributed by atoms with Crippen molar-refractivity contribution in [3.8, 4) is 17.2 Å². The Balaban J connectivity index is 1.09. The molecule has 0 unspecified atom stereocenters. The van der Waals surface area contributed by atoms with Crippen molar-refractivity contribution in [1.82, 2.24) is 15.1 Å². The van der Waals surface area contributed by atoms with Gasteiger partial charge in [0.05, 0.1) is 18.4 Å². The van der Waals surface area contributed by atoms with E-state index in [0.29, 0.717) is 48.7 Å². The third-order valence-corrected chi connectivity index (χ3v) is 7.04. The first-order valence-electron chi connectivity index (χ1n) is 12.3. The number of rotatable bonds is 8. The maximum Gasteiger partial charge on any atom is 0.277 e. The molecule has 1 fully saturated rings. The molecule has 1 aromatic heterocycles. The van der Waals surface area contributed by atoms with Crippen molar-refractivity contribution >= 4 is 35.0 Å². The number of hydrogen-bond acceptors (Lipinski definition) is 8. The predicted molar refractivity (Wildman–Crippen MR) is 147 cm³/mol. The lowest BCUT2D eigenvalue weighted by molar-refractivity contribution is -0.113. The Hall–Kier alpha value is -4.38. The summed E-state index contributed by atoms with van der Waals surface area (Å²) in [4.78, 5) is 29.4. The van der Waals surface area contributed by atoms with Crippen molar-refractivity contribution in [2.45, 2.75) is 5.22 Å². The number of carbonyl (C=O) groups excluding carboxylic acids is 2. The van der Waals surface area contributed by atoms with Gasteiger partial charge in [-0.25, -0.2) is 4.39 Å². The summed E-state index contributed by atoms with van der Waals surface area (Å²) in [6.45, 7) is 2.60. The first-order chi connectivity index (χ1) is 19.0. The Bertz CT molecular complexity index is 1450. The van der Waals surface area contributed by atoms with E-state index in [2.05, 4.69) is 20.4 Å². The molecular weight excluding hydrogens is 521 g/mol. The zero-order valence-corrected chi connectivity index (χ0v) is 22.0. The van der Waals surface area contributed by atoms with E-state index < -0.39 is 5.82 Å². The van der Waals surface area contributed by atoms with E-state index in [-0.39, 0.29) is 28.7 Å². The van der Waals surface area contributed by atoms with Gasteiger partial charge in [-0.2, -0.15) is 0 Å². The molecule has 3 aromatic carbocycles. The molecule has 4 aromatic rings. The van der Waals surface area contributed by atoms with Crippen LogP contribution in [0.3, 0.4) is 0 Å². The van der Waals surface area contributed by atoms with Crippen molar-refractivity contribution in [3.63, 3.8) is 0 Å². The van der Waals surface area contributed by atoms with E-state index >= 15 is 0 Å². The number of amides is 2. The molecule has 39 heavy (non-hydrogen) atoms. The van der Waals surface area contributed by atoms with Crippen LogP contribution in [0.25, 0.3) is 11.5 Å². The van der Waals surface area contributed by atoms with E-state index in [1.54, 1.807) is 31.4 Å². The molecule has 1 saturated heterocycles. The van der Waals surface area contributed by atoms with Gasteiger partial charge in [-0.3, -0.25) is 9.59 Å². The van der Waals surface area contributed by atoms with Gasteiger partial charge in [0.2, 0.25) is 11.8 Å². The second kappa shape index (κ2) is 12.0. The summed E-state index contributed by atoms with van der Waals surface area (Å²) in [6.07, 6.45) is 0. The van der Waals surface area contributed by atoms with Crippen molar-refractivity contribution in [2.75, 3.05) is 49.3 Å². The number of halogens is 1. The Labute approximate surface area is 229 Å². The zero-order chi connectivity index (χ0) is 27.2. The molecule has 0 radical (unpaired) electrons. The summed E-state index contributed by atoms with van der Waals surface area (Å²) in [5, 5.41) is 10.9. The van der Waals surface area contributed by atoms with E-state index in [4.69, 9.17) is 9.15 Å². The normalized spacial score (nSPS) is 13.3. The highest BCUT2D eigenvalue weighted by Crippen LogP contribution is 2.25. The number of benzene rings is 3. The van der Waals surface area contributed by atoms with Gasteiger partial charge in [0.25, 0.3) is 11.1 Å². The Morgan fingerprint density at radius 3 is 2.51 bits per heavy atom. The second-order valence-corrected chi connectivity index (χ2v) is 9.67. The van der Waals surface area contributed by atoms with Crippen LogP contribution in [0.5, 0.6) is 5.75 Å². The average Bonchev–Trinajstić information content (AvgIpc) is 3.45. The minimum absolute atomic E-state index is 0.0336. The second-order valence-electron chi connectivity index (χ2n) is 8.75. The van der Waals surface area contributed by atoms with Crippen molar-refractivity contribution in [1.29, 1.82) is 0 Å². The number of para-hydroxylation sites is 1. The van der Waals surface area contributed by atoms with Gasteiger partial charge < -0.3 is 24.3 Å². The molecule has 0 spiro atoms. The SMILES string of the molecule is COc1ccccc1C(=O)N1CCN(c2ccc(NC(=O)CSc3nnc(-c4cccc(F)c4)o3)cc2)CC1. The Kier molecular flexibility index (Phi) is 8.07. The monoisotopic (exact) mass is 547 g/mol. The van der Waals surface area contributed by atoms with Crippen LogP contribution in [-0.4, -0.2) is 66.0 Å². The van der Waals surface area contributed by atoms with Crippen LogP contribution in [0.15, 0.2) is 82.4 Å². The number of ether oxygens (including phenoxy) is 1. The average molecular weight is 548 g/mol. The van der Waals surface area contributed by atoms with Gasteiger partial charge in [0.1, 0.15) is 11.6 Å². The maximum atomic E-state index is 13.4. The Morgan fingerprint density at radius 1 is 1.00 bits per heavy atom. The highest BCUT2D eigenvalue weighted by molar-refractivity contribution is 7.99. The fourth-order valence-corrected chi connectivity index (χ4v) is 4.81. The lowest BCUT2D eigenvalue weighted by Gasteiger charge is -2.36. The van der Waals surface area contributed by atoms with Gasteiger partial charge in [-0.15, -0.1) is 10.2 Å². The number of carbonyl (C=O) groups is 2. The van der Waals surface area contributed by atoms with Gasteiger partial charge in [0.15, 0.2) is 0 Å². The zero-order valence-electron chi connectivity index (χ0n) is 21.2. The summed E-state index contributed by atoms with van der Waals surface area (Å²) >= 11 is 1.10. The number of nitrogens with one attached hydrogen (secondary N) is 1. The maximum absolute atomic E-state index is 13.4. The standard InChI is InChI=1S/C28H26FN5O4S/c1-37-24-8-3-2-7-23(24)27(36)34-15-13-33(14-16-34)22-11-9-21(10-12-22)30-25(35)18-39-28-32-31-26(38-28)19-5-4-6-20(29)17-19/h2-12,17H,13-16,18H2,1H3,(H,30,35). The molecule has 200 valence electrons. The van der Waals surface area contributed by atoms with Gasteiger partial charge in [-0.05, 0) is 54.6 Å². The topological polar surface area (TPSA) is 101 Å². The van der Waals surface area contributed by atoms with E-state index in [9.17, 15) is 14.0 Å². The molecule has 11 heteroatoms. The molecule has 1 aliphatic heterocycles. The number of aromatic nitrogens is 2. The van der Waals surface area contributed by atoms with Crippen LogP contribution in [0.1, 0.15) is 10.4 Å². The largest absolute Gasteiger partial charge is 0.496 e. The summed E-state index contributed by atoms with van der Waals surface area (Å²) in [5.74, 6) is 0.196. The van der Waals surface area contributed by atoms with Crippen LogP contribution in [0, 0.1) is 5.82 Å². The highest BCUT2D eigenvalue weighted by Gasteiger charge is 2.24. The van der Waals surface area contributed by atoms with Crippen molar-refractivity contribution in [2.24, 2.45) is 0 Å². The van der Waals surface area contributed by atoms with Crippen molar-refractivity contribution < 1.29 is 23.1 Å². The number of methoxy groups -OCH3 is 1. The first kappa shape index (κ1) is 26.2. The number of piperazine rings is 1. The molecule has 1 aliphatic rings. The molecule has 0 aliphatic carbocycles. The van der Waals surface area contributed by atoms with Crippen LogP contribution < -0.4 is 15.0 Å². The summed E-state index contributed by atoms with van der Waals surface area (Å²) in [6, 6.07) is 20.7. The first-order valence-corrected chi connectivity index (χ1v) is 13.3. The van der Waals surface area contributed by atoms with Gasteiger partial charge >= 0.3 is 0 Å². The lowest BCUT2D eigenvalue weighted by Crippen LogP contribution is -2.48. The van der Waals surface area contributed by atoms with E-state index in [0.717, 1.165) is 17.4 Å². The molecular formula is C28H26FN5O4S. The third kappa shape index (κ3) is 6.37. The smallest absolute Gasteiger partial charge is 0.277 e. The number of thioether (sulfide) groups is 1. The fourth-order valence-electron chi connectivity index (χ4n) is 4.25. The van der Waals surface area contributed by atoms with Crippen molar-refractivity contribution in [3.05, 3.63) is 84.2 Å². The van der Waals surface area contributed by atoms with E-state index in [1.165, 1.54) is 12.1 Å². The van der Waals surface area contributed by atoms with Crippen LogP contribution in [0.4, 0.5) is 15.8 Å². The quantitative estimate of drug-likeness (QED) is 0.320. The molecule has 9 nitrogen and oxygen atoms in total. The predicted octanol–water partition coefficient (Wildman–Crippen LogP) is 4.58. The third-order valence-electron chi connectivity index (χ3n) is 6.23. The molecule has 2 heterocycles. The van der Waals surface area contributed by atoms with Crippen LogP contribution >= 0.6 is 11.8 Å². The summed E-state index contributed by atoms with van der Waals surface area (Å²) in [7, 11) is 1.56. The molecule has 1 N–H and O–H groups in total. The molecule has 0 bridgehead atoms. The highest BCUT2D eigenvalue weighted by atomic mass is 32.2. The van der Waals surface area contributed by atoms with Gasteiger partial charge in [0, 0.05) is 43.1 Å². The minimum atomic E-state index is -0.397. The lowest BCUT2D eigenvalue weighted by atomic mass is 10.1. The molecule has 0 atom stereocenters. The molecule has 5 rings (SSSR count). The molecule has 0 saturated carbocycles. The summed E-state index contributed by atoms with van der Waals surface area (Å²) < 4.78 is 24.3. The number of nitrogens with zero attached hydrogens (tertiary/aromatic N) is 4. The Morgan fingerprint density at radius 2 is 1.77 bits per heavy atom. The summed E-state index contributed by atoms with van der Waals surface area (Å²) in [5.41, 5.74) is 2.73. The number of hydrogen-bond donors (Lipinski definition) is 1. The molecule has 2 amide bonds. The van der Waals surface area contributed by atoms with Gasteiger partial charge in [-0.1, -0.05) is 30.0 Å². The fraction of sp³-hybridized carbons (Fsp3) is 0.214. The number of anilines is 2. The van der Waals surface area contributed by atoms with Crippen LogP contribution in [-0.2, 0) is 4.79 Å². The van der Waals surface area contributed by atoms with Crippen LogP contribution in [0.2, 0.25) is 0 Å². The minimum Gasteiger partial charge on any atom is -0.496 e.